The van der Waals surface area contributed by atoms with Gasteiger partial charge in [0.25, 0.3) is 0 Å². The largest absolute Gasteiger partial charge is 0.215 e. The van der Waals surface area contributed by atoms with Gasteiger partial charge in [-0.05, 0) is 17.7 Å². The van der Waals surface area contributed by atoms with Crippen LogP contribution >= 0.6 is 0 Å². The van der Waals surface area contributed by atoms with E-state index in [-0.39, 0.29) is 12.4 Å². The van der Waals surface area contributed by atoms with E-state index in [9.17, 15) is 12.8 Å². The maximum atomic E-state index is 13.0. The van der Waals surface area contributed by atoms with Gasteiger partial charge in [-0.1, -0.05) is 26.0 Å². The molecule has 0 heterocycles. The van der Waals surface area contributed by atoms with Gasteiger partial charge in [-0.2, -0.15) is 0 Å². The van der Waals surface area contributed by atoms with Crippen molar-refractivity contribution in [3.63, 3.8) is 0 Å². The van der Waals surface area contributed by atoms with Crippen molar-refractivity contribution in [1.29, 1.82) is 0 Å². The number of hydrogen-bond acceptors (Lipinski definition) is 2. The molecule has 16 heavy (non-hydrogen) atoms. The van der Waals surface area contributed by atoms with Gasteiger partial charge >= 0.3 is 0 Å². The van der Waals surface area contributed by atoms with Crippen LogP contribution in [0.5, 0.6) is 0 Å². The molecular weight excluding hydrogens is 229 g/mol. The molecule has 0 aromatic heterocycles. The molecule has 0 atom stereocenters. The summed E-state index contributed by atoms with van der Waals surface area (Å²) in [6.45, 7) is 3.97. The summed E-state index contributed by atoms with van der Waals surface area (Å²) in [6.07, 6.45) is 1.11. The number of rotatable bonds is 4. The number of hydrogen-bond donors (Lipinski definition) is 1. The van der Waals surface area contributed by atoms with Gasteiger partial charge < -0.3 is 0 Å². The zero-order valence-corrected chi connectivity index (χ0v) is 10.4. The first-order chi connectivity index (χ1) is 7.21. The van der Waals surface area contributed by atoms with E-state index in [1.165, 1.54) is 12.1 Å². The first kappa shape index (κ1) is 13.1. The van der Waals surface area contributed by atoms with Crippen LogP contribution in [0, 0.1) is 5.82 Å². The van der Waals surface area contributed by atoms with Crippen LogP contribution in [0.15, 0.2) is 24.3 Å². The number of halogens is 1. The van der Waals surface area contributed by atoms with Gasteiger partial charge in [0.15, 0.2) is 0 Å². The van der Waals surface area contributed by atoms with Crippen molar-refractivity contribution < 1.29 is 12.8 Å². The summed E-state index contributed by atoms with van der Waals surface area (Å²) in [4.78, 5) is 0. The molecule has 0 spiro atoms. The van der Waals surface area contributed by atoms with Crippen molar-refractivity contribution in [3.8, 4) is 0 Å². The molecule has 0 aliphatic carbocycles. The summed E-state index contributed by atoms with van der Waals surface area (Å²) in [6, 6.07) is 6.19. The standard InChI is InChI=1S/C11H16FNO2S/c1-11(2,8-13-16(3,14)15)9-5-4-6-10(12)7-9/h4-7,13H,8H2,1-3H3. The van der Waals surface area contributed by atoms with E-state index in [0.717, 1.165) is 11.8 Å². The Kier molecular flexibility index (Phi) is 3.70. The molecule has 0 aliphatic heterocycles. The molecule has 1 N–H and O–H groups in total. The first-order valence-electron chi connectivity index (χ1n) is 4.91. The minimum absolute atomic E-state index is 0.245. The third-order valence-corrected chi connectivity index (χ3v) is 3.05. The van der Waals surface area contributed by atoms with E-state index in [1.54, 1.807) is 12.1 Å². The zero-order valence-electron chi connectivity index (χ0n) is 9.62. The summed E-state index contributed by atoms with van der Waals surface area (Å²) in [5, 5.41) is 0. The lowest BCUT2D eigenvalue weighted by atomic mass is 9.85. The fourth-order valence-electron chi connectivity index (χ4n) is 1.32. The van der Waals surface area contributed by atoms with Crippen molar-refractivity contribution in [3.05, 3.63) is 35.6 Å². The van der Waals surface area contributed by atoms with Crippen molar-refractivity contribution >= 4 is 10.0 Å². The first-order valence-corrected chi connectivity index (χ1v) is 6.80. The van der Waals surface area contributed by atoms with E-state index in [4.69, 9.17) is 0 Å². The normalized spacial score (nSPS) is 12.8. The third kappa shape index (κ3) is 3.90. The monoisotopic (exact) mass is 245 g/mol. The van der Waals surface area contributed by atoms with Crippen molar-refractivity contribution in [2.45, 2.75) is 19.3 Å². The van der Waals surface area contributed by atoms with Crippen molar-refractivity contribution in [2.24, 2.45) is 0 Å². The Balaban J connectivity index is 2.85. The van der Waals surface area contributed by atoms with E-state index < -0.39 is 15.4 Å². The predicted octanol–water partition coefficient (Wildman–Crippen LogP) is 1.65. The molecule has 0 radical (unpaired) electrons. The summed E-state index contributed by atoms with van der Waals surface area (Å²) < 4.78 is 37.4. The maximum absolute atomic E-state index is 13.0. The summed E-state index contributed by atoms with van der Waals surface area (Å²) in [5.41, 5.74) is 0.328. The Bertz CT molecular complexity index is 469. The zero-order chi connectivity index (χ0) is 12.4. The lowest BCUT2D eigenvalue weighted by Gasteiger charge is -2.25. The molecule has 90 valence electrons. The van der Waals surface area contributed by atoms with E-state index >= 15 is 0 Å². The highest BCUT2D eigenvalue weighted by Gasteiger charge is 2.22. The van der Waals surface area contributed by atoms with Gasteiger partial charge in [0, 0.05) is 12.0 Å². The fourth-order valence-corrected chi connectivity index (χ4v) is 1.95. The Morgan fingerprint density at radius 2 is 2.00 bits per heavy atom. The van der Waals surface area contributed by atoms with Gasteiger partial charge in [-0.3, -0.25) is 0 Å². The van der Waals surface area contributed by atoms with Gasteiger partial charge in [-0.15, -0.1) is 0 Å². The molecule has 1 aromatic carbocycles. The second kappa shape index (κ2) is 4.51. The minimum Gasteiger partial charge on any atom is -0.215 e. The Hall–Kier alpha value is -0.940. The van der Waals surface area contributed by atoms with Crippen molar-refractivity contribution in [1.82, 2.24) is 4.72 Å². The quantitative estimate of drug-likeness (QED) is 0.876. The van der Waals surface area contributed by atoms with Crippen LogP contribution in [-0.2, 0) is 15.4 Å². The van der Waals surface area contributed by atoms with E-state index in [2.05, 4.69) is 4.72 Å². The Morgan fingerprint density at radius 3 is 2.50 bits per heavy atom. The number of sulfonamides is 1. The third-order valence-electron chi connectivity index (χ3n) is 2.38. The topological polar surface area (TPSA) is 46.2 Å². The average molecular weight is 245 g/mol. The second-order valence-corrected chi connectivity index (χ2v) is 6.32. The fraction of sp³-hybridized carbons (Fsp3) is 0.455. The van der Waals surface area contributed by atoms with Crippen LogP contribution in [-0.4, -0.2) is 21.2 Å². The maximum Gasteiger partial charge on any atom is 0.208 e. The molecule has 0 fully saturated rings. The Morgan fingerprint density at radius 1 is 1.38 bits per heavy atom. The summed E-state index contributed by atoms with van der Waals surface area (Å²) in [5.74, 6) is -0.315. The molecule has 3 nitrogen and oxygen atoms in total. The van der Waals surface area contributed by atoms with Crippen molar-refractivity contribution in [2.75, 3.05) is 12.8 Å². The van der Waals surface area contributed by atoms with Crippen LogP contribution < -0.4 is 4.72 Å². The highest BCUT2D eigenvalue weighted by molar-refractivity contribution is 7.88. The highest BCUT2D eigenvalue weighted by Crippen LogP contribution is 2.22. The second-order valence-electron chi connectivity index (χ2n) is 4.49. The van der Waals surface area contributed by atoms with Crippen LogP contribution in [0.3, 0.4) is 0 Å². The van der Waals surface area contributed by atoms with Crippen LogP contribution in [0.1, 0.15) is 19.4 Å². The summed E-state index contributed by atoms with van der Waals surface area (Å²) in [7, 11) is -3.22. The molecule has 0 amide bonds. The van der Waals surface area contributed by atoms with E-state index in [1.807, 2.05) is 13.8 Å². The molecule has 0 unspecified atom stereocenters. The Labute approximate surface area is 95.7 Å². The van der Waals surface area contributed by atoms with Crippen LogP contribution in [0.25, 0.3) is 0 Å². The number of nitrogens with one attached hydrogen (secondary N) is 1. The van der Waals surface area contributed by atoms with Gasteiger partial charge in [0.1, 0.15) is 5.82 Å². The molecular formula is C11H16FNO2S. The summed E-state index contributed by atoms with van der Waals surface area (Å²) >= 11 is 0. The smallest absolute Gasteiger partial charge is 0.208 e. The van der Waals surface area contributed by atoms with Gasteiger partial charge in [-0.25, -0.2) is 17.5 Å². The molecule has 1 aromatic rings. The number of benzene rings is 1. The minimum atomic E-state index is -3.22. The molecule has 5 heteroatoms. The van der Waals surface area contributed by atoms with Crippen LogP contribution in [0.4, 0.5) is 4.39 Å². The highest BCUT2D eigenvalue weighted by atomic mass is 32.2. The van der Waals surface area contributed by atoms with Crippen LogP contribution in [0.2, 0.25) is 0 Å². The predicted molar refractivity (Wildman–Crippen MR) is 62.3 cm³/mol. The molecule has 0 saturated carbocycles. The molecule has 0 saturated heterocycles. The lowest BCUT2D eigenvalue weighted by molar-refractivity contribution is 0.499. The SMILES string of the molecule is CC(C)(CNS(C)(=O)=O)c1cccc(F)c1. The van der Waals surface area contributed by atoms with Gasteiger partial charge in [0.2, 0.25) is 10.0 Å². The molecule has 1 rings (SSSR count). The van der Waals surface area contributed by atoms with E-state index in [0.29, 0.717) is 0 Å². The average Bonchev–Trinajstić information content (AvgIpc) is 2.14. The molecule has 0 bridgehead atoms. The lowest BCUT2D eigenvalue weighted by Crippen LogP contribution is -2.36. The molecule has 0 aliphatic rings. The van der Waals surface area contributed by atoms with Gasteiger partial charge in [0.05, 0.1) is 6.26 Å².